The molecule has 5 heteroatoms. The first-order valence-electron chi connectivity index (χ1n) is 5.96. The van der Waals surface area contributed by atoms with Gasteiger partial charge in [-0.15, -0.1) is 0 Å². The molecular formula is C11H21N3O2. The van der Waals surface area contributed by atoms with Crippen LogP contribution in [0.5, 0.6) is 0 Å². The number of hydrogen-bond acceptors (Lipinski definition) is 4. The lowest BCUT2D eigenvalue weighted by molar-refractivity contribution is -0.122. The number of piperidine rings is 1. The first-order valence-corrected chi connectivity index (χ1v) is 5.96. The zero-order chi connectivity index (χ0) is 11.8. The van der Waals surface area contributed by atoms with Gasteiger partial charge in [-0.2, -0.15) is 0 Å². The van der Waals surface area contributed by atoms with Gasteiger partial charge in [0, 0.05) is 32.4 Å². The Kier molecular flexibility index (Phi) is 6.03. The van der Waals surface area contributed by atoms with E-state index in [1.165, 1.54) is 0 Å². The fraction of sp³-hybridized carbons (Fsp3) is 0.818. The molecule has 1 fully saturated rings. The molecule has 0 radical (unpaired) electrons. The summed E-state index contributed by atoms with van der Waals surface area (Å²) in [6.07, 6.45) is 4.93. The summed E-state index contributed by atoms with van der Waals surface area (Å²) in [6, 6.07) is 0. The fourth-order valence-electron chi connectivity index (χ4n) is 1.90. The van der Waals surface area contributed by atoms with Crippen molar-refractivity contribution in [3.8, 4) is 0 Å². The van der Waals surface area contributed by atoms with Crippen LogP contribution in [0.2, 0.25) is 0 Å². The molecule has 1 aliphatic rings. The number of likely N-dealkylation sites (tertiary alicyclic amines) is 1. The minimum absolute atomic E-state index is 0.0939. The molecule has 0 aromatic rings. The molecule has 0 atom stereocenters. The largest absolute Gasteiger partial charge is 0.302 e. The zero-order valence-electron chi connectivity index (χ0n) is 9.71. The van der Waals surface area contributed by atoms with Crippen molar-refractivity contribution in [2.75, 3.05) is 19.6 Å². The molecule has 1 rings (SSSR count). The second-order valence-corrected chi connectivity index (χ2v) is 4.26. The molecule has 1 heterocycles. The van der Waals surface area contributed by atoms with Gasteiger partial charge in [-0.05, 0) is 19.4 Å². The predicted octanol–water partition coefficient (Wildman–Crippen LogP) is 0.202. The third-order valence-electron chi connectivity index (χ3n) is 2.95. The molecule has 3 N–H and O–H groups in total. The molecule has 1 amide bonds. The predicted molar refractivity (Wildman–Crippen MR) is 61.5 cm³/mol. The third-order valence-corrected chi connectivity index (χ3v) is 2.95. The van der Waals surface area contributed by atoms with E-state index >= 15 is 0 Å². The number of ketones is 1. The highest BCUT2D eigenvalue weighted by molar-refractivity contribution is 5.79. The molecule has 0 aromatic heterocycles. The number of unbranched alkanes of at least 4 members (excludes halogenated alkanes) is 2. The van der Waals surface area contributed by atoms with Gasteiger partial charge in [0.15, 0.2) is 0 Å². The number of rotatable bonds is 6. The maximum Gasteiger partial charge on any atom is 0.233 e. The van der Waals surface area contributed by atoms with E-state index in [1.807, 2.05) is 0 Å². The van der Waals surface area contributed by atoms with Crippen molar-refractivity contribution in [1.29, 1.82) is 0 Å². The van der Waals surface area contributed by atoms with Gasteiger partial charge in [0.05, 0.1) is 0 Å². The van der Waals surface area contributed by atoms with E-state index in [0.717, 1.165) is 38.9 Å². The van der Waals surface area contributed by atoms with Crippen LogP contribution >= 0.6 is 0 Å². The minimum Gasteiger partial charge on any atom is -0.302 e. The Hall–Kier alpha value is -0.940. The van der Waals surface area contributed by atoms with Gasteiger partial charge in [0.1, 0.15) is 5.78 Å². The van der Waals surface area contributed by atoms with Gasteiger partial charge in [-0.1, -0.05) is 6.42 Å². The van der Waals surface area contributed by atoms with E-state index in [9.17, 15) is 9.59 Å². The standard InChI is InChI=1S/C11H21N3O2/c12-13-11(16)4-2-1-3-7-14-8-5-10(15)6-9-14/h1-9,12H2,(H,13,16). The van der Waals surface area contributed by atoms with Crippen molar-refractivity contribution in [3.63, 3.8) is 0 Å². The van der Waals surface area contributed by atoms with E-state index in [-0.39, 0.29) is 5.91 Å². The number of hydrogen-bond donors (Lipinski definition) is 2. The highest BCUT2D eigenvalue weighted by Gasteiger charge is 2.14. The van der Waals surface area contributed by atoms with Crippen LogP contribution < -0.4 is 11.3 Å². The molecule has 0 aromatic carbocycles. The van der Waals surface area contributed by atoms with Crippen molar-refractivity contribution in [1.82, 2.24) is 10.3 Å². The minimum atomic E-state index is -0.0939. The third kappa shape index (κ3) is 5.23. The lowest BCUT2D eigenvalue weighted by atomic mass is 10.1. The Morgan fingerprint density at radius 3 is 2.56 bits per heavy atom. The normalized spacial score (nSPS) is 17.4. The van der Waals surface area contributed by atoms with E-state index in [1.54, 1.807) is 0 Å². The summed E-state index contributed by atoms with van der Waals surface area (Å²) in [5, 5.41) is 0. The number of nitrogens with zero attached hydrogens (tertiary/aromatic N) is 1. The average molecular weight is 227 g/mol. The second-order valence-electron chi connectivity index (χ2n) is 4.26. The van der Waals surface area contributed by atoms with Gasteiger partial charge in [0.25, 0.3) is 0 Å². The van der Waals surface area contributed by atoms with Crippen molar-refractivity contribution >= 4 is 11.7 Å². The van der Waals surface area contributed by atoms with Crippen LogP contribution in [0.25, 0.3) is 0 Å². The molecule has 0 spiro atoms. The fourth-order valence-corrected chi connectivity index (χ4v) is 1.90. The zero-order valence-corrected chi connectivity index (χ0v) is 9.71. The van der Waals surface area contributed by atoms with Crippen molar-refractivity contribution < 1.29 is 9.59 Å². The Morgan fingerprint density at radius 1 is 1.25 bits per heavy atom. The first-order chi connectivity index (χ1) is 7.72. The Morgan fingerprint density at radius 2 is 1.94 bits per heavy atom. The maximum absolute atomic E-state index is 11.0. The van der Waals surface area contributed by atoms with E-state index in [2.05, 4.69) is 10.3 Å². The van der Waals surface area contributed by atoms with Crippen LogP contribution in [0.3, 0.4) is 0 Å². The topological polar surface area (TPSA) is 75.4 Å². The summed E-state index contributed by atoms with van der Waals surface area (Å²) in [6.45, 7) is 2.85. The van der Waals surface area contributed by atoms with Crippen molar-refractivity contribution in [2.45, 2.75) is 38.5 Å². The summed E-state index contributed by atoms with van der Waals surface area (Å²) in [4.78, 5) is 24.2. The molecule has 16 heavy (non-hydrogen) atoms. The lowest BCUT2D eigenvalue weighted by Gasteiger charge is -2.25. The molecular weight excluding hydrogens is 206 g/mol. The van der Waals surface area contributed by atoms with Crippen molar-refractivity contribution in [2.24, 2.45) is 5.84 Å². The Balaban J connectivity index is 1.95. The number of Topliss-reactive ketones (excluding diaryl/α,β-unsaturated/α-hetero) is 1. The number of nitrogens with one attached hydrogen (secondary N) is 1. The lowest BCUT2D eigenvalue weighted by Crippen LogP contribution is -2.34. The molecule has 0 unspecified atom stereocenters. The quantitative estimate of drug-likeness (QED) is 0.294. The Labute approximate surface area is 96.3 Å². The van der Waals surface area contributed by atoms with Gasteiger partial charge in [-0.3, -0.25) is 15.0 Å². The number of hydrazine groups is 1. The second kappa shape index (κ2) is 7.35. The summed E-state index contributed by atoms with van der Waals surface area (Å²) < 4.78 is 0. The molecule has 1 aliphatic heterocycles. The van der Waals surface area contributed by atoms with Crippen LogP contribution in [0.1, 0.15) is 38.5 Å². The monoisotopic (exact) mass is 227 g/mol. The summed E-state index contributed by atoms with van der Waals surface area (Å²) in [5.74, 6) is 5.27. The van der Waals surface area contributed by atoms with Gasteiger partial charge < -0.3 is 4.90 Å². The molecule has 0 bridgehead atoms. The number of carbonyl (C=O) groups is 2. The summed E-state index contributed by atoms with van der Waals surface area (Å²) in [5.41, 5.74) is 2.12. The number of nitrogens with two attached hydrogens (primary N) is 1. The molecule has 0 aliphatic carbocycles. The van der Waals surface area contributed by atoms with Crippen LogP contribution in [0.15, 0.2) is 0 Å². The van der Waals surface area contributed by atoms with Gasteiger partial charge in [-0.25, -0.2) is 5.84 Å². The summed E-state index contributed by atoms with van der Waals surface area (Å²) in [7, 11) is 0. The van der Waals surface area contributed by atoms with Crippen molar-refractivity contribution in [3.05, 3.63) is 0 Å². The van der Waals surface area contributed by atoms with Gasteiger partial charge in [0.2, 0.25) is 5.91 Å². The molecule has 0 saturated carbocycles. The molecule has 92 valence electrons. The highest BCUT2D eigenvalue weighted by atomic mass is 16.2. The van der Waals surface area contributed by atoms with Crippen LogP contribution in [-0.2, 0) is 9.59 Å². The molecule has 1 saturated heterocycles. The highest BCUT2D eigenvalue weighted by Crippen LogP contribution is 2.08. The molecule has 5 nitrogen and oxygen atoms in total. The van der Waals surface area contributed by atoms with Crippen LogP contribution in [-0.4, -0.2) is 36.2 Å². The average Bonchev–Trinajstić information content (AvgIpc) is 2.31. The van der Waals surface area contributed by atoms with E-state index in [4.69, 9.17) is 5.84 Å². The summed E-state index contributed by atoms with van der Waals surface area (Å²) >= 11 is 0. The maximum atomic E-state index is 11.0. The van der Waals surface area contributed by atoms with E-state index in [0.29, 0.717) is 25.0 Å². The smallest absolute Gasteiger partial charge is 0.233 e. The first kappa shape index (κ1) is 13.1. The van der Waals surface area contributed by atoms with Gasteiger partial charge >= 0.3 is 0 Å². The number of carbonyl (C=O) groups excluding carboxylic acids is 2. The van der Waals surface area contributed by atoms with E-state index < -0.39 is 0 Å². The Bertz CT molecular complexity index is 233. The van der Waals surface area contributed by atoms with Crippen LogP contribution in [0, 0.1) is 0 Å². The number of amides is 1. The van der Waals surface area contributed by atoms with Crippen LogP contribution in [0.4, 0.5) is 0 Å². The SMILES string of the molecule is NNC(=O)CCCCCN1CCC(=O)CC1.